The van der Waals surface area contributed by atoms with E-state index in [9.17, 15) is 9.18 Å². The van der Waals surface area contributed by atoms with Crippen molar-refractivity contribution < 1.29 is 9.18 Å². The fourth-order valence-corrected chi connectivity index (χ4v) is 1.64. The highest BCUT2D eigenvalue weighted by molar-refractivity contribution is 5.85. The number of carbonyl (C=O) groups excluding carboxylic acids is 1. The molecule has 2 rings (SSSR count). The highest BCUT2D eigenvalue weighted by atomic mass is 19.1. The van der Waals surface area contributed by atoms with Gasteiger partial charge in [-0.3, -0.25) is 4.79 Å². The van der Waals surface area contributed by atoms with Gasteiger partial charge in [-0.1, -0.05) is 6.07 Å². The summed E-state index contributed by atoms with van der Waals surface area (Å²) in [6, 6.07) is 5.00. The third kappa shape index (κ3) is 1.50. The molecule has 0 spiro atoms. The van der Waals surface area contributed by atoms with E-state index in [2.05, 4.69) is 0 Å². The van der Waals surface area contributed by atoms with Crippen molar-refractivity contribution in [2.75, 3.05) is 11.9 Å². The number of carbonyl (C=O) groups is 1. The molecule has 0 aromatic heterocycles. The lowest BCUT2D eigenvalue weighted by Crippen LogP contribution is -2.22. The molecule has 1 aromatic carbocycles. The van der Waals surface area contributed by atoms with Crippen LogP contribution in [0.1, 0.15) is 23.2 Å². The number of halogens is 1. The first-order chi connectivity index (χ1) is 6.74. The number of rotatable bonds is 3. The van der Waals surface area contributed by atoms with E-state index in [1.165, 1.54) is 6.07 Å². The number of hydrogen-bond donors (Lipinski definition) is 0. The van der Waals surface area contributed by atoms with Crippen LogP contribution in [0.15, 0.2) is 18.2 Å². The van der Waals surface area contributed by atoms with Crippen molar-refractivity contribution in [1.29, 1.82) is 0 Å². The fourth-order valence-electron chi connectivity index (χ4n) is 1.64. The maximum absolute atomic E-state index is 13.5. The van der Waals surface area contributed by atoms with E-state index >= 15 is 0 Å². The quantitative estimate of drug-likeness (QED) is 0.686. The molecule has 0 radical (unpaired) electrons. The molecule has 74 valence electrons. The molecule has 3 heteroatoms. The Morgan fingerprint density at radius 1 is 1.50 bits per heavy atom. The van der Waals surface area contributed by atoms with Gasteiger partial charge in [0.1, 0.15) is 5.82 Å². The summed E-state index contributed by atoms with van der Waals surface area (Å²) in [5, 5.41) is 0. The van der Waals surface area contributed by atoms with Crippen LogP contribution < -0.4 is 4.90 Å². The van der Waals surface area contributed by atoms with Gasteiger partial charge in [0.05, 0.1) is 5.69 Å². The van der Waals surface area contributed by atoms with Crippen molar-refractivity contribution in [3.63, 3.8) is 0 Å². The molecule has 0 amide bonds. The Bertz CT molecular complexity index is 360. The van der Waals surface area contributed by atoms with Gasteiger partial charge in [-0.15, -0.1) is 0 Å². The van der Waals surface area contributed by atoms with Crippen LogP contribution in [0.2, 0.25) is 0 Å². The van der Waals surface area contributed by atoms with Crippen LogP contribution in [0.4, 0.5) is 10.1 Å². The van der Waals surface area contributed by atoms with Crippen molar-refractivity contribution in [3.05, 3.63) is 29.6 Å². The van der Waals surface area contributed by atoms with E-state index in [1.54, 1.807) is 12.1 Å². The Hall–Kier alpha value is -1.38. The number of benzene rings is 1. The number of nitrogens with zero attached hydrogens (tertiary/aromatic N) is 1. The predicted octanol–water partition coefficient (Wildman–Crippen LogP) is 2.24. The summed E-state index contributed by atoms with van der Waals surface area (Å²) in [5.74, 6) is -0.316. The normalized spacial score (nSPS) is 15.3. The molecule has 0 unspecified atom stereocenters. The van der Waals surface area contributed by atoms with Gasteiger partial charge in [0, 0.05) is 18.7 Å². The van der Waals surface area contributed by atoms with Crippen molar-refractivity contribution in [2.24, 2.45) is 0 Å². The number of hydrogen-bond acceptors (Lipinski definition) is 2. The lowest BCUT2D eigenvalue weighted by atomic mass is 10.1. The van der Waals surface area contributed by atoms with Crippen LogP contribution in [0, 0.1) is 5.82 Å². The van der Waals surface area contributed by atoms with Crippen molar-refractivity contribution >= 4 is 12.0 Å². The van der Waals surface area contributed by atoms with Crippen LogP contribution in [-0.2, 0) is 0 Å². The standard InChI is InChI=1S/C11H12FNO/c1-13(9-5-6-9)11-8(7-14)3-2-4-10(11)12/h2-4,7,9H,5-6H2,1H3. The first kappa shape index (κ1) is 9.19. The van der Waals surface area contributed by atoms with Gasteiger partial charge in [-0.25, -0.2) is 4.39 Å². The number of aldehydes is 1. The van der Waals surface area contributed by atoms with Crippen LogP contribution in [0.3, 0.4) is 0 Å². The second-order valence-electron chi connectivity index (χ2n) is 3.64. The second kappa shape index (κ2) is 3.40. The molecule has 0 N–H and O–H groups in total. The molecule has 0 atom stereocenters. The predicted molar refractivity (Wildman–Crippen MR) is 53.2 cm³/mol. The molecular formula is C11H12FNO. The minimum atomic E-state index is -0.316. The maximum atomic E-state index is 13.5. The molecule has 1 aliphatic rings. The van der Waals surface area contributed by atoms with Crippen LogP contribution >= 0.6 is 0 Å². The SMILES string of the molecule is CN(c1c(F)cccc1C=O)C1CC1. The van der Waals surface area contributed by atoms with Gasteiger partial charge in [0.25, 0.3) is 0 Å². The Morgan fingerprint density at radius 2 is 2.21 bits per heavy atom. The molecule has 0 saturated heterocycles. The van der Waals surface area contributed by atoms with E-state index in [0.29, 0.717) is 23.6 Å². The molecule has 1 aromatic rings. The molecule has 0 aliphatic heterocycles. The molecule has 1 saturated carbocycles. The maximum Gasteiger partial charge on any atom is 0.152 e. The van der Waals surface area contributed by atoms with Crippen molar-refractivity contribution in [2.45, 2.75) is 18.9 Å². The molecule has 2 nitrogen and oxygen atoms in total. The number of anilines is 1. The van der Waals surface area contributed by atoms with Gasteiger partial charge >= 0.3 is 0 Å². The lowest BCUT2D eigenvalue weighted by molar-refractivity contribution is 0.112. The summed E-state index contributed by atoms with van der Waals surface area (Å²) in [6.07, 6.45) is 2.88. The first-order valence-electron chi connectivity index (χ1n) is 4.70. The Labute approximate surface area is 82.3 Å². The van der Waals surface area contributed by atoms with E-state index in [-0.39, 0.29) is 5.82 Å². The summed E-state index contributed by atoms with van der Waals surface area (Å²) in [4.78, 5) is 12.6. The minimum Gasteiger partial charge on any atom is -0.369 e. The zero-order valence-electron chi connectivity index (χ0n) is 8.03. The van der Waals surface area contributed by atoms with E-state index in [4.69, 9.17) is 0 Å². The second-order valence-corrected chi connectivity index (χ2v) is 3.64. The van der Waals surface area contributed by atoms with Crippen LogP contribution in [-0.4, -0.2) is 19.4 Å². The van der Waals surface area contributed by atoms with Gasteiger partial charge in [0.15, 0.2) is 6.29 Å². The summed E-state index contributed by atoms with van der Waals surface area (Å²) >= 11 is 0. The highest BCUT2D eigenvalue weighted by Crippen LogP contribution is 2.33. The van der Waals surface area contributed by atoms with Crippen LogP contribution in [0.5, 0.6) is 0 Å². The molecular weight excluding hydrogens is 181 g/mol. The van der Waals surface area contributed by atoms with Gasteiger partial charge in [0.2, 0.25) is 0 Å². The van der Waals surface area contributed by atoms with Gasteiger partial charge in [-0.05, 0) is 25.0 Å². The summed E-state index contributed by atoms with van der Waals surface area (Å²) in [7, 11) is 1.84. The van der Waals surface area contributed by atoms with Crippen LogP contribution in [0.25, 0.3) is 0 Å². The molecule has 1 aliphatic carbocycles. The third-order valence-electron chi connectivity index (χ3n) is 2.59. The average molecular weight is 193 g/mol. The van der Waals surface area contributed by atoms with E-state index < -0.39 is 0 Å². The highest BCUT2D eigenvalue weighted by Gasteiger charge is 2.29. The summed E-state index contributed by atoms with van der Waals surface area (Å²) < 4.78 is 13.5. The Morgan fingerprint density at radius 3 is 2.79 bits per heavy atom. The van der Waals surface area contributed by atoms with Gasteiger partial charge < -0.3 is 4.90 Å². The smallest absolute Gasteiger partial charge is 0.152 e. The zero-order valence-corrected chi connectivity index (χ0v) is 8.03. The molecule has 0 bridgehead atoms. The van der Waals surface area contributed by atoms with Crippen molar-refractivity contribution in [1.82, 2.24) is 0 Å². The topological polar surface area (TPSA) is 20.3 Å². The largest absolute Gasteiger partial charge is 0.369 e. The molecule has 1 fully saturated rings. The molecule has 0 heterocycles. The number of para-hydroxylation sites is 1. The minimum absolute atomic E-state index is 0.316. The Kier molecular flexibility index (Phi) is 2.23. The Balaban J connectivity index is 2.42. The average Bonchev–Trinajstić information content (AvgIpc) is 2.99. The third-order valence-corrected chi connectivity index (χ3v) is 2.59. The summed E-state index contributed by atoms with van der Waals surface area (Å²) in [6.45, 7) is 0. The zero-order chi connectivity index (χ0) is 10.1. The van der Waals surface area contributed by atoms with E-state index in [0.717, 1.165) is 12.8 Å². The summed E-state index contributed by atoms with van der Waals surface area (Å²) in [5.41, 5.74) is 0.865. The van der Waals surface area contributed by atoms with E-state index in [1.807, 2.05) is 11.9 Å². The van der Waals surface area contributed by atoms with Gasteiger partial charge in [-0.2, -0.15) is 0 Å². The van der Waals surface area contributed by atoms with Crippen molar-refractivity contribution in [3.8, 4) is 0 Å². The molecule has 14 heavy (non-hydrogen) atoms. The first-order valence-corrected chi connectivity index (χ1v) is 4.70. The lowest BCUT2D eigenvalue weighted by Gasteiger charge is -2.20. The monoisotopic (exact) mass is 193 g/mol. The fraction of sp³-hybridized carbons (Fsp3) is 0.364.